The summed E-state index contributed by atoms with van der Waals surface area (Å²) in [6.07, 6.45) is -4.90. The van der Waals surface area contributed by atoms with Crippen molar-refractivity contribution in [1.29, 1.82) is 0 Å². The fourth-order valence-corrected chi connectivity index (χ4v) is 1.32. The van der Waals surface area contributed by atoms with Gasteiger partial charge in [0.1, 0.15) is 11.6 Å². The van der Waals surface area contributed by atoms with Gasteiger partial charge in [0.15, 0.2) is 0 Å². The van der Waals surface area contributed by atoms with E-state index in [0.717, 1.165) is 6.07 Å². The van der Waals surface area contributed by atoms with Gasteiger partial charge in [-0.05, 0) is 19.1 Å². The molecular weight excluding hydrogens is 269 g/mol. The van der Waals surface area contributed by atoms with Crippen LogP contribution in [0.15, 0.2) is 18.2 Å². The fraction of sp³-hybridized carbons (Fsp3) is 0.300. The van der Waals surface area contributed by atoms with E-state index in [9.17, 15) is 28.1 Å². The molecule has 1 atom stereocenters. The minimum Gasteiger partial charge on any atom is -0.480 e. The van der Waals surface area contributed by atoms with Crippen LogP contribution in [-0.2, 0) is 11.0 Å². The molecule has 0 spiro atoms. The second-order valence-corrected chi connectivity index (χ2v) is 3.69. The lowest BCUT2D eigenvalue weighted by molar-refractivity contribution is -0.388. The Morgan fingerprint density at radius 1 is 1.47 bits per heavy atom. The van der Waals surface area contributed by atoms with E-state index in [1.807, 2.05) is 0 Å². The van der Waals surface area contributed by atoms with Crippen LogP contribution in [-0.4, -0.2) is 22.0 Å². The summed E-state index contributed by atoms with van der Waals surface area (Å²) < 4.78 is 37.9. The molecule has 2 N–H and O–H groups in total. The van der Waals surface area contributed by atoms with Crippen molar-refractivity contribution < 1.29 is 28.0 Å². The van der Waals surface area contributed by atoms with E-state index >= 15 is 0 Å². The standard InChI is InChI=1S/C10H9F3N2O4/c1-5(9(16)17)14-6-2-3-8(15(18)19)7(4-6)10(11,12)13/h2-5,14H,1H3,(H,16,17). The number of nitrogens with one attached hydrogen (secondary N) is 1. The van der Waals surface area contributed by atoms with E-state index in [1.165, 1.54) is 6.92 Å². The maximum atomic E-state index is 12.6. The zero-order valence-electron chi connectivity index (χ0n) is 9.56. The second-order valence-electron chi connectivity index (χ2n) is 3.69. The van der Waals surface area contributed by atoms with Crippen LogP contribution >= 0.6 is 0 Å². The molecule has 0 aromatic heterocycles. The SMILES string of the molecule is CC(Nc1ccc([N+](=O)[O-])c(C(F)(F)F)c1)C(=O)O. The number of carboxylic acids is 1. The van der Waals surface area contributed by atoms with Crippen molar-refractivity contribution in [3.63, 3.8) is 0 Å². The molecule has 104 valence electrons. The van der Waals surface area contributed by atoms with Crippen LogP contribution < -0.4 is 5.32 Å². The maximum Gasteiger partial charge on any atom is 0.423 e. The molecule has 0 aliphatic rings. The normalized spacial score (nSPS) is 12.8. The Morgan fingerprint density at radius 2 is 2.05 bits per heavy atom. The highest BCUT2D eigenvalue weighted by atomic mass is 19.4. The molecule has 0 aliphatic heterocycles. The van der Waals surface area contributed by atoms with Crippen LogP contribution in [0.2, 0.25) is 0 Å². The van der Waals surface area contributed by atoms with Crippen molar-refractivity contribution >= 4 is 17.3 Å². The van der Waals surface area contributed by atoms with Gasteiger partial charge in [-0.15, -0.1) is 0 Å². The fourth-order valence-electron chi connectivity index (χ4n) is 1.32. The van der Waals surface area contributed by atoms with Crippen LogP contribution in [0.3, 0.4) is 0 Å². The molecule has 0 fully saturated rings. The van der Waals surface area contributed by atoms with Crippen molar-refractivity contribution in [3.05, 3.63) is 33.9 Å². The van der Waals surface area contributed by atoms with Gasteiger partial charge in [0.05, 0.1) is 4.92 Å². The summed E-state index contributed by atoms with van der Waals surface area (Å²) in [5.74, 6) is -1.26. The molecule has 1 rings (SSSR count). The molecule has 0 heterocycles. The Labute approximate surface area is 105 Å². The van der Waals surface area contributed by atoms with E-state index in [2.05, 4.69) is 5.32 Å². The van der Waals surface area contributed by atoms with Crippen molar-refractivity contribution in [3.8, 4) is 0 Å². The third-order valence-electron chi connectivity index (χ3n) is 2.25. The van der Waals surface area contributed by atoms with Crippen LogP contribution in [0.5, 0.6) is 0 Å². The van der Waals surface area contributed by atoms with E-state index in [-0.39, 0.29) is 5.69 Å². The molecule has 6 nitrogen and oxygen atoms in total. The van der Waals surface area contributed by atoms with Gasteiger partial charge in [-0.2, -0.15) is 13.2 Å². The molecular formula is C10H9F3N2O4. The Balaban J connectivity index is 3.19. The first-order valence-electron chi connectivity index (χ1n) is 4.98. The predicted octanol–water partition coefficient (Wildman–Crippen LogP) is 2.50. The molecule has 0 amide bonds. The summed E-state index contributed by atoms with van der Waals surface area (Å²) in [6, 6.07) is 1.09. The average molecular weight is 278 g/mol. The third-order valence-corrected chi connectivity index (χ3v) is 2.25. The molecule has 1 aromatic carbocycles. The van der Waals surface area contributed by atoms with Crippen LogP contribution in [0.25, 0.3) is 0 Å². The van der Waals surface area contributed by atoms with Crippen molar-refractivity contribution in [2.45, 2.75) is 19.1 Å². The summed E-state index contributed by atoms with van der Waals surface area (Å²) in [5, 5.41) is 21.4. The summed E-state index contributed by atoms with van der Waals surface area (Å²) in [4.78, 5) is 19.9. The number of alkyl halides is 3. The third kappa shape index (κ3) is 3.57. The van der Waals surface area contributed by atoms with Crippen LogP contribution in [0.4, 0.5) is 24.5 Å². The van der Waals surface area contributed by atoms with Gasteiger partial charge in [0.2, 0.25) is 0 Å². The minimum atomic E-state index is -4.90. The highest BCUT2D eigenvalue weighted by Crippen LogP contribution is 2.37. The Kier molecular flexibility index (Phi) is 3.98. The number of halogens is 3. The van der Waals surface area contributed by atoms with E-state index in [0.29, 0.717) is 12.1 Å². The first kappa shape index (κ1) is 14.7. The number of nitro groups is 1. The number of aliphatic carboxylic acids is 1. The smallest absolute Gasteiger partial charge is 0.423 e. The number of hydrogen-bond acceptors (Lipinski definition) is 4. The lowest BCUT2D eigenvalue weighted by Gasteiger charge is -2.13. The number of hydrogen-bond donors (Lipinski definition) is 2. The summed E-state index contributed by atoms with van der Waals surface area (Å²) in [5.41, 5.74) is -2.67. The predicted molar refractivity (Wildman–Crippen MR) is 58.8 cm³/mol. The molecule has 0 saturated heterocycles. The zero-order valence-corrected chi connectivity index (χ0v) is 9.56. The lowest BCUT2D eigenvalue weighted by atomic mass is 10.1. The highest BCUT2D eigenvalue weighted by molar-refractivity contribution is 5.77. The number of carbonyl (C=O) groups is 1. The molecule has 9 heteroatoms. The average Bonchev–Trinajstić information content (AvgIpc) is 2.27. The molecule has 1 aromatic rings. The minimum absolute atomic E-state index is 0.159. The number of carboxylic acid groups (broad SMARTS) is 1. The highest BCUT2D eigenvalue weighted by Gasteiger charge is 2.38. The molecule has 1 unspecified atom stereocenters. The van der Waals surface area contributed by atoms with Crippen LogP contribution in [0, 0.1) is 10.1 Å². The second kappa shape index (κ2) is 5.12. The summed E-state index contributed by atoms with van der Waals surface area (Å²) in [6.45, 7) is 1.23. The van der Waals surface area contributed by atoms with Crippen molar-refractivity contribution in [1.82, 2.24) is 0 Å². The van der Waals surface area contributed by atoms with Gasteiger partial charge in [-0.25, -0.2) is 0 Å². The van der Waals surface area contributed by atoms with E-state index in [4.69, 9.17) is 5.11 Å². The largest absolute Gasteiger partial charge is 0.480 e. The van der Waals surface area contributed by atoms with Crippen molar-refractivity contribution in [2.75, 3.05) is 5.32 Å². The van der Waals surface area contributed by atoms with Gasteiger partial charge in [-0.1, -0.05) is 0 Å². The Hall–Kier alpha value is -2.32. The van der Waals surface area contributed by atoms with E-state index in [1.54, 1.807) is 0 Å². The van der Waals surface area contributed by atoms with Gasteiger partial charge >= 0.3 is 12.1 Å². The van der Waals surface area contributed by atoms with Gasteiger partial charge < -0.3 is 10.4 Å². The summed E-state index contributed by atoms with van der Waals surface area (Å²) >= 11 is 0. The first-order valence-corrected chi connectivity index (χ1v) is 4.98. The molecule has 0 saturated carbocycles. The summed E-state index contributed by atoms with van der Waals surface area (Å²) in [7, 11) is 0. The maximum absolute atomic E-state index is 12.6. The zero-order chi connectivity index (χ0) is 14.8. The molecule has 19 heavy (non-hydrogen) atoms. The Morgan fingerprint density at radius 3 is 2.47 bits per heavy atom. The molecule has 0 bridgehead atoms. The Bertz CT molecular complexity index is 516. The number of nitro benzene ring substituents is 1. The topological polar surface area (TPSA) is 92.5 Å². The van der Waals surface area contributed by atoms with Gasteiger partial charge in [0, 0.05) is 11.8 Å². The first-order chi connectivity index (χ1) is 8.62. The van der Waals surface area contributed by atoms with Crippen LogP contribution in [0.1, 0.15) is 12.5 Å². The van der Waals surface area contributed by atoms with E-state index < -0.39 is 34.4 Å². The molecule has 0 radical (unpaired) electrons. The lowest BCUT2D eigenvalue weighted by Crippen LogP contribution is -2.25. The number of rotatable bonds is 4. The number of benzene rings is 1. The van der Waals surface area contributed by atoms with Gasteiger partial charge in [-0.3, -0.25) is 14.9 Å². The molecule has 0 aliphatic carbocycles. The van der Waals surface area contributed by atoms with Crippen molar-refractivity contribution in [2.24, 2.45) is 0 Å². The monoisotopic (exact) mass is 278 g/mol. The quantitative estimate of drug-likeness (QED) is 0.652. The van der Waals surface area contributed by atoms with Gasteiger partial charge in [0.25, 0.3) is 5.69 Å². The number of nitrogens with zero attached hydrogens (tertiary/aromatic N) is 1. The number of anilines is 1.